The van der Waals surface area contributed by atoms with E-state index in [4.69, 9.17) is 4.74 Å². The summed E-state index contributed by atoms with van der Waals surface area (Å²) < 4.78 is 5.14. The average Bonchev–Trinajstić information content (AvgIpc) is 1.69. The number of hydrogen-bond donors (Lipinski definition) is 0. The largest absolute Gasteiger partial charge is 0.381 e. The number of rotatable bonds is 0. The maximum absolute atomic E-state index is 5.14. The number of halogens is 1. The molecule has 8 heavy (non-hydrogen) atoms. The molecule has 0 aromatic heterocycles. The first-order chi connectivity index (χ1) is 3.39. The molecule has 0 bridgehead atoms. The van der Waals surface area contributed by atoms with Crippen molar-refractivity contribution in [2.75, 3.05) is 13.2 Å². The summed E-state index contributed by atoms with van der Waals surface area (Å²) in [6.45, 7) is 4.25. The molecule has 1 aliphatic heterocycles. The van der Waals surface area contributed by atoms with Gasteiger partial charge in [-0.25, -0.2) is 0 Å². The Bertz CT molecular complexity index is 50.5. The molecule has 50 valence electrons. The normalized spacial score (nSPS) is 22.1. The van der Waals surface area contributed by atoms with Gasteiger partial charge in [-0.2, -0.15) is 0 Å². The highest BCUT2D eigenvalue weighted by atomic mass is 35.5. The first kappa shape index (κ1) is 8.25. The number of hydrogen-bond acceptors (Lipinski definition) is 1. The highest BCUT2D eigenvalue weighted by molar-refractivity contribution is 5.85. The molecule has 1 saturated heterocycles. The second kappa shape index (κ2) is 4.16. The summed E-state index contributed by atoms with van der Waals surface area (Å²) in [5.41, 5.74) is 0. The molecule has 0 amide bonds. The summed E-state index contributed by atoms with van der Waals surface area (Å²) in [5, 5.41) is 0. The van der Waals surface area contributed by atoms with E-state index < -0.39 is 0 Å². The van der Waals surface area contributed by atoms with Crippen LogP contribution in [0.25, 0.3) is 0 Å². The molecule has 1 nitrogen and oxygen atoms in total. The highest BCUT2D eigenvalue weighted by Crippen LogP contribution is 2.11. The van der Waals surface area contributed by atoms with Crippen LogP contribution >= 0.6 is 12.4 Å². The lowest BCUT2D eigenvalue weighted by molar-refractivity contribution is 0.0716. The van der Waals surface area contributed by atoms with E-state index in [-0.39, 0.29) is 12.4 Å². The van der Waals surface area contributed by atoms with Gasteiger partial charge in [-0.05, 0) is 18.8 Å². The topological polar surface area (TPSA) is 9.23 Å². The van der Waals surface area contributed by atoms with Crippen LogP contribution in [0.4, 0.5) is 0 Å². The van der Waals surface area contributed by atoms with Gasteiger partial charge in [0.05, 0.1) is 0 Å². The molecule has 0 aromatic carbocycles. The molecule has 0 N–H and O–H groups in total. The Morgan fingerprint density at radius 2 is 1.75 bits per heavy atom. The van der Waals surface area contributed by atoms with Gasteiger partial charge in [0.1, 0.15) is 0 Å². The van der Waals surface area contributed by atoms with Crippen LogP contribution in [0, 0.1) is 5.92 Å². The molecule has 0 aromatic rings. The summed E-state index contributed by atoms with van der Waals surface area (Å²) in [6, 6.07) is 0. The van der Waals surface area contributed by atoms with E-state index in [1.54, 1.807) is 0 Å². The molecule has 0 unspecified atom stereocenters. The monoisotopic (exact) mass is 136 g/mol. The molecule has 0 spiro atoms. The van der Waals surface area contributed by atoms with Crippen LogP contribution in [0.2, 0.25) is 0 Å². The minimum Gasteiger partial charge on any atom is -0.381 e. The lowest BCUT2D eigenvalue weighted by Crippen LogP contribution is -2.12. The fourth-order valence-corrected chi connectivity index (χ4v) is 0.815. The van der Waals surface area contributed by atoms with Crippen molar-refractivity contribution in [3.8, 4) is 0 Å². The molecule has 1 aliphatic rings. The Kier molecular flexibility index (Phi) is 4.29. The van der Waals surface area contributed by atoms with E-state index in [1.807, 2.05) is 0 Å². The quantitative estimate of drug-likeness (QED) is 0.494. The van der Waals surface area contributed by atoms with E-state index in [2.05, 4.69) is 6.92 Å². The van der Waals surface area contributed by atoms with Crippen LogP contribution in [-0.2, 0) is 4.74 Å². The Labute approximate surface area is 56.8 Å². The van der Waals surface area contributed by atoms with Gasteiger partial charge in [0.2, 0.25) is 0 Å². The van der Waals surface area contributed by atoms with Crippen molar-refractivity contribution in [1.82, 2.24) is 0 Å². The van der Waals surface area contributed by atoms with E-state index in [0.29, 0.717) is 0 Å². The summed E-state index contributed by atoms with van der Waals surface area (Å²) in [7, 11) is 0. The predicted molar refractivity (Wildman–Crippen MR) is 36.5 cm³/mol. The minimum atomic E-state index is 0. The Balaban J connectivity index is 0.000000490. The van der Waals surface area contributed by atoms with Crippen LogP contribution in [0.3, 0.4) is 0 Å². The molecule has 0 aliphatic carbocycles. The zero-order valence-electron chi connectivity index (χ0n) is 5.22. The van der Waals surface area contributed by atoms with Crippen LogP contribution in [0.5, 0.6) is 0 Å². The smallest absolute Gasteiger partial charge is 0.0468 e. The molecule has 1 fully saturated rings. The van der Waals surface area contributed by atoms with Gasteiger partial charge in [-0.15, -0.1) is 12.4 Å². The van der Waals surface area contributed by atoms with Gasteiger partial charge in [0, 0.05) is 13.2 Å². The van der Waals surface area contributed by atoms with Crippen molar-refractivity contribution in [1.29, 1.82) is 0 Å². The van der Waals surface area contributed by atoms with Gasteiger partial charge < -0.3 is 4.74 Å². The van der Waals surface area contributed by atoms with E-state index in [9.17, 15) is 0 Å². The van der Waals surface area contributed by atoms with Crippen molar-refractivity contribution >= 4 is 12.4 Å². The van der Waals surface area contributed by atoms with E-state index in [0.717, 1.165) is 19.1 Å². The zero-order valence-corrected chi connectivity index (χ0v) is 6.04. The van der Waals surface area contributed by atoms with Crippen molar-refractivity contribution < 1.29 is 4.74 Å². The molecule has 1 heterocycles. The molecule has 0 saturated carbocycles. The second-order valence-corrected chi connectivity index (χ2v) is 2.29. The van der Waals surface area contributed by atoms with Crippen molar-refractivity contribution in [2.24, 2.45) is 5.92 Å². The standard InChI is InChI=1S/C6H12O.ClH/c1-6-2-4-7-5-3-6;/h6H,2-5H2,1H3;1H. The fraction of sp³-hybridized carbons (Fsp3) is 1.00. The van der Waals surface area contributed by atoms with Crippen molar-refractivity contribution in [3.05, 3.63) is 0 Å². The Morgan fingerprint density at radius 3 is 2.00 bits per heavy atom. The minimum absolute atomic E-state index is 0. The fourth-order valence-electron chi connectivity index (χ4n) is 0.815. The van der Waals surface area contributed by atoms with Gasteiger partial charge >= 0.3 is 0 Å². The van der Waals surface area contributed by atoms with Crippen LogP contribution in [0.1, 0.15) is 19.8 Å². The molecule has 2 heteroatoms. The van der Waals surface area contributed by atoms with Crippen LogP contribution in [-0.4, -0.2) is 13.2 Å². The zero-order chi connectivity index (χ0) is 5.11. The van der Waals surface area contributed by atoms with E-state index in [1.165, 1.54) is 12.8 Å². The summed E-state index contributed by atoms with van der Waals surface area (Å²) >= 11 is 0. The summed E-state index contributed by atoms with van der Waals surface area (Å²) in [5.74, 6) is 0.911. The summed E-state index contributed by atoms with van der Waals surface area (Å²) in [6.07, 6.45) is 2.53. The maximum Gasteiger partial charge on any atom is 0.0468 e. The second-order valence-electron chi connectivity index (χ2n) is 2.29. The Morgan fingerprint density at radius 1 is 1.25 bits per heavy atom. The lowest BCUT2D eigenvalue weighted by Gasteiger charge is -2.16. The Hall–Kier alpha value is 0.250. The lowest BCUT2D eigenvalue weighted by atomic mass is 10.0. The molecule has 0 atom stereocenters. The molecule has 1 rings (SSSR count). The van der Waals surface area contributed by atoms with Gasteiger partial charge in [-0.3, -0.25) is 0 Å². The maximum atomic E-state index is 5.14. The predicted octanol–water partition coefficient (Wildman–Crippen LogP) is 1.85. The molecular weight excluding hydrogens is 124 g/mol. The molecule has 0 radical (unpaired) electrons. The molecular formula is C6H13ClO. The average molecular weight is 137 g/mol. The third kappa shape index (κ3) is 2.53. The highest BCUT2D eigenvalue weighted by Gasteiger charge is 2.06. The first-order valence-electron chi connectivity index (χ1n) is 2.97. The number of ether oxygens (including phenoxy) is 1. The van der Waals surface area contributed by atoms with Crippen LogP contribution < -0.4 is 0 Å². The van der Waals surface area contributed by atoms with E-state index >= 15 is 0 Å². The van der Waals surface area contributed by atoms with Gasteiger partial charge in [0.15, 0.2) is 0 Å². The van der Waals surface area contributed by atoms with Gasteiger partial charge in [-0.1, -0.05) is 6.92 Å². The third-order valence-electron chi connectivity index (χ3n) is 1.51. The van der Waals surface area contributed by atoms with Crippen molar-refractivity contribution in [3.63, 3.8) is 0 Å². The summed E-state index contributed by atoms with van der Waals surface area (Å²) in [4.78, 5) is 0. The SMILES string of the molecule is CC1CCOCC1.Cl. The first-order valence-corrected chi connectivity index (χ1v) is 2.97. The van der Waals surface area contributed by atoms with Crippen LogP contribution in [0.15, 0.2) is 0 Å². The van der Waals surface area contributed by atoms with Crippen molar-refractivity contribution in [2.45, 2.75) is 19.8 Å². The third-order valence-corrected chi connectivity index (χ3v) is 1.51. The van der Waals surface area contributed by atoms with Gasteiger partial charge in [0.25, 0.3) is 0 Å².